The van der Waals surface area contributed by atoms with Gasteiger partial charge in [-0.2, -0.15) is 0 Å². The van der Waals surface area contributed by atoms with Gasteiger partial charge in [0, 0.05) is 31.5 Å². The van der Waals surface area contributed by atoms with Crippen LogP contribution in [-0.4, -0.2) is 36.4 Å². The van der Waals surface area contributed by atoms with Gasteiger partial charge in [-0.3, -0.25) is 9.59 Å². The van der Waals surface area contributed by atoms with Crippen LogP contribution in [0.4, 0.5) is 21.5 Å². The molecular formula is C23H26FN5O2S2. The zero-order valence-corrected chi connectivity index (χ0v) is 19.9. The van der Waals surface area contributed by atoms with Crippen LogP contribution < -0.4 is 21.3 Å². The van der Waals surface area contributed by atoms with E-state index in [1.165, 1.54) is 30.4 Å². The van der Waals surface area contributed by atoms with Crippen molar-refractivity contribution in [2.24, 2.45) is 11.7 Å². The largest absolute Gasteiger partial charge is 0.369 e. The van der Waals surface area contributed by atoms with Gasteiger partial charge in [0.2, 0.25) is 5.91 Å². The Hall–Kier alpha value is -2.82. The molecule has 1 fully saturated rings. The minimum absolute atomic E-state index is 0.0228. The average Bonchev–Trinajstić information content (AvgIpc) is 3.48. The molecule has 33 heavy (non-hydrogen) atoms. The van der Waals surface area contributed by atoms with Gasteiger partial charge in [-0.05, 0) is 49.2 Å². The molecule has 1 aromatic carbocycles. The second-order valence-corrected chi connectivity index (χ2v) is 9.84. The summed E-state index contributed by atoms with van der Waals surface area (Å²) >= 11 is 2.96. The fourth-order valence-corrected chi connectivity index (χ4v) is 5.66. The number of anilines is 3. The lowest BCUT2D eigenvalue weighted by molar-refractivity contribution is -0.114. The number of nitrogens with two attached hydrogens (primary N) is 1. The molecule has 0 radical (unpaired) electrons. The smallest absolute Gasteiger partial charge is 0.275 e. The minimum atomic E-state index is -0.548. The van der Waals surface area contributed by atoms with E-state index in [2.05, 4.69) is 20.5 Å². The predicted molar refractivity (Wildman–Crippen MR) is 133 cm³/mol. The van der Waals surface area contributed by atoms with Crippen LogP contribution in [0, 0.1) is 11.7 Å². The molecule has 1 aliphatic heterocycles. The van der Waals surface area contributed by atoms with Crippen molar-refractivity contribution in [1.82, 2.24) is 4.98 Å². The molecule has 4 N–H and O–H groups in total. The van der Waals surface area contributed by atoms with Gasteiger partial charge < -0.3 is 21.3 Å². The van der Waals surface area contributed by atoms with E-state index in [4.69, 9.17) is 5.73 Å². The molecule has 0 saturated carbocycles. The van der Waals surface area contributed by atoms with Crippen molar-refractivity contribution in [3.8, 4) is 9.88 Å². The summed E-state index contributed by atoms with van der Waals surface area (Å²) in [4.78, 5) is 32.1. The van der Waals surface area contributed by atoms with Crippen molar-refractivity contribution in [3.63, 3.8) is 0 Å². The van der Waals surface area contributed by atoms with Crippen molar-refractivity contribution in [3.05, 3.63) is 46.5 Å². The first-order valence-electron chi connectivity index (χ1n) is 10.8. The SMILES string of the molecule is CC(=O)Nc1cc(NC(=O)c2csc(-c3cccs3)n2)c(N2CCCC(CCN)C2)cc1F. The number of hydrogen-bond acceptors (Lipinski definition) is 7. The number of nitrogens with zero attached hydrogens (tertiary/aromatic N) is 2. The zero-order chi connectivity index (χ0) is 23.4. The number of piperidine rings is 1. The number of nitrogens with one attached hydrogen (secondary N) is 2. The predicted octanol–water partition coefficient (Wildman–Crippen LogP) is 4.79. The molecule has 1 atom stereocenters. The summed E-state index contributed by atoms with van der Waals surface area (Å²) in [6.45, 7) is 3.41. The van der Waals surface area contributed by atoms with Crippen LogP contribution in [0.5, 0.6) is 0 Å². The molecule has 10 heteroatoms. The Morgan fingerprint density at radius 1 is 1.27 bits per heavy atom. The quantitative estimate of drug-likeness (QED) is 0.445. The highest BCUT2D eigenvalue weighted by atomic mass is 32.1. The van der Waals surface area contributed by atoms with Crippen molar-refractivity contribution >= 4 is 51.6 Å². The Bertz CT molecular complexity index is 1130. The summed E-state index contributed by atoms with van der Waals surface area (Å²) in [5.74, 6) is -0.906. The van der Waals surface area contributed by atoms with Crippen molar-refractivity contribution in [2.75, 3.05) is 35.2 Å². The number of thiazole rings is 1. The lowest BCUT2D eigenvalue weighted by Crippen LogP contribution is -2.37. The van der Waals surface area contributed by atoms with Crippen LogP contribution in [0.3, 0.4) is 0 Å². The summed E-state index contributed by atoms with van der Waals surface area (Å²) in [5.41, 5.74) is 7.09. The number of rotatable bonds is 7. The van der Waals surface area contributed by atoms with E-state index in [0.717, 1.165) is 42.2 Å². The van der Waals surface area contributed by atoms with Crippen molar-refractivity contribution in [2.45, 2.75) is 26.2 Å². The Morgan fingerprint density at radius 2 is 2.12 bits per heavy atom. The van der Waals surface area contributed by atoms with E-state index in [1.807, 2.05) is 17.5 Å². The van der Waals surface area contributed by atoms with Gasteiger partial charge in [0.25, 0.3) is 5.91 Å². The number of benzene rings is 1. The Kier molecular flexibility index (Phi) is 7.36. The highest BCUT2D eigenvalue weighted by molar-refractivity contribution is 7.20. The minimum Gasteiger partial charge on any atom is -0.369 e. The molecule has 0 aliphatic carbocycles. The number of thiophene rings is 1. The number of carbonyl (C=O) groups excluding carboxylic acids is 2. The maximum Gasteiger partial charge on any atom is 0.275 e. The zero-order valence-electron chi connectivity index (χ0n) is 18.3. The fraction of sp³-hybridized carbons (Fsp3) is 0.348. The van der Waals surface area contributed by atoms with Crippen LogP contribution in [0.15, 0.2) is 35.0 Å². The molecule has 1 unspecified atom stereocenters. The third kappa shape index (κ3) is 5.58. The molecule has 0 spiro atoms. The van der Waals surface area contributed by atoms with E-state index in [1.54, 1.807) is 16.7 Å². The number of carbonyl (C=O) groups is 2. The summed E-state index contributed by atoms with van der Waals surface area (Å²) in [6, 6.07) is 6.75. The van der Waals surface area contributed by atoms with Gasteiger partial charge in [-0.25, -0.2) is 9.37 Å². The first kappa shape index (κ1) is 23.3. The highest BCUT2D eigenvalue weighted by Crippen LogP contribution is 2.35. The summed E-state index contributed by atoms with van der Waals surface area (Å²) < 4.78 is 14.8. The van der Waals surface area contributed by atoms with Gasteiger partial charge in [-0.1, -0.05) is 6.07 Å². The molecule has 3 aromatic rings. The number of halogens is 1. The standard InChI is InChI=1S/C23H26FN5O2S2/c1-14(30)26-17-11-18(20(10-16(17)24)29-8-2-4-15(12-29)6-7-25)27-22(31)19-13-33-23(28-19)21-5-3-9-32-21/h3,5,9-11,13,15H,2,4,6-8,12,25H2,1H3,(H,26,30)(H,27,31). The molecule has 2 aromatic heterocycles. The third-order valence-electron chi connectivity index (χ3n) is 5.55. The van der Waals surface area contributed by atoms with E-state index in [0.29, 0.717) is 29.5 Å². The lowest BCUT2D eigenvalue weighted by atomic mass is 9.94. The lowest BCUT2D eigenvalue weighted by Gasteiger charge is -2.35. The topological polar surface area (TPSA) is 100 Å². The van der Waals surface area contributed by atoms with Gasteiger partial charge >= 0.3 is 0 Å². The first-order valence-corrected chi connectivity index (χ1v) is 12.6. The number of hydrogen-bond donors (Lipinski definition) is 3. The van der Waals surface area contributed by atoms with E-state index in [-0.39, 0.29) is 17.5 Å². The normalized spacial score (nSPS) is 16.0. The van der Waals surface area contributed by atoms with Crippen LogP contribution in [-0.2, 0) is 4.79 Å². The van der Waals surface area contributed by atoms with Crippen molar-refractivity contribution in [1.29, 1.82) is 0 Å². The second kappa shape index (κ2) is 10.4. The van der Waals surface area contributed by atoms with Crippen LogP contribution in [0.25, 0.3) is 9.88 Å². The van der Waals surface area contributed by atoms with E-state index in [9.17, 15) is 14.0 Å². The third-order valence-corrected chi connectivity index (χ3v) is 7.43. The Balaban J connectivity index is 1.63. The molecule has 7 nitrogen and oxygen atoms in total. The Labute approximate surface area is 199 Å². The van der Waals surface area contributed by atoms with E-state index >= 15 is 0 Å². The molecule has 1 aliphatic rings. The monoisotopic (exact) mass is 487 g/mol. The highest BCUT2D eigenvalue weighted by Gasteiger charge is 2.24. The summed E-state index contributed by atoms with van der Waals surface area (Å²) in [7, 11) is 0. The molecule has 2 amide bonds. The molecule has 1 saturated heterocycles. The van der Waals surface area contributed by atoms with Crippen LogP contribution in [0.1, 0.15) is 36.7 Å². The maximum atomic E-state index is 14.8. The van der Waals surface area contributed by atoms with Crippen molar-refractivity contribution < 1.29 is 14.0 Å². The average molecular weight is 488 g/mol. The summed E-state index contributed by atoms with van der Waals surface area (Å²) in [5, 5.41) is 9.83. The second-order valence-electron chi connectivity index (χ2n) is 8.03. The Morgan fingerprint density at radius 3 is 2.85 bits per heavy atom. The molecule has 174 valence electrons. The molecule has 3 heterocycles. The van der Waals surface area contributed by atoms with Crippen LogP contribution in [0.2, 0.25) is 0 Å². The van der Waals surface area contributed by atoms with Gasteiger partial charge in [0.15, 0.2) is 0 Å². The maximum absolute atomic E-state index is 14.8. The fourth-order valence-electron chi connectivity index (χ4n) is 4.04. The molecule has 0 bridgehead atoms. The van der Waals surface area contributed by atoms with Gasteiger partial charge in [0.05, 0.1) is 21.9 Å². The van der Waals surface area contributed by atoms with Gasteiger partial charge in [-0.15, -0.1) is 22.7 Å². The number of aromatic nitrogens is 1. The van der Waals surface area contributed by atoms with E-state index < -0.39 is 5.82 Å². The molecular weight excluding hydrogens is 461 g/mol. The number of amides is 2. The summed E-state index contributed by atoms with van der Waals surface area (Å²) in [6.07, 6.45) is 2.94. The van der Waals surface area contributed by atoms with Crippen LogP contribution >= 0.6 is 22.7 Å². The van der Waals surface area contributed by atoms with Gasteiger partial charge in [0.1, 0.15) is 16.5 Å². The molecule has 4 rings (SSSR count). The first-order chi connectivity index (χ1) is 15.9.